The lowest BCUT2D eigenvalue weighted by molar-refractivity contribution is 0.169. The summed E-state index contributed by atoms with van der Waals surface area (Å²) in [4.78, 5) is 0. The summed E-state index contributed by atoms with van der Waals surface area (Å²) in [5.41, 5.74) is 2.21. The van der Waals surface area contributed by atoms with Crippen LogP contribution in [0.25, 0.3) is 0 Å². The molecule has 7 nitrogen and oxygen atoms in total. The van der Waals surface area contributed by atoms with Crippen molar-refractivity contribution in [2.24, 2.45) is 0 Å². The number of ether oxygens (including phenoxy) is 2. The van der Waals surface area contributed by atoms with E-state index < -0.39 is 21.9 Å². The summed E-state index contributed by atoms with van der Waals surface area (Å²) >= 11 is 0. The second-order valence-corrected chi connectivity index (χ2v) is 9.64. The maximum atomic E-state index is 14.0. The topological polar surface area (TPSA) is 96.9 Å². The molecule has 0 heterocycles. The SMILES string of the molecule is COc1ccc([C@@H](Cc2ccccc2)NCC(O)c2ccc(F)c(NS(C)(=O)=O)c2)cc1OC. The Morgan fingerprint density at radius 2 is 1.62 bits per heavy atom. The van der Waals surface area contributed by atoms with Gasteiger partial charge in [0.15, 0.2) is 11.5 Å². The van der Waals surface area contributed by atoms with Gasteiger partial charge < -0.3 is 19.9 Å². The minimum Gasteiger partial charge on any atom is -0.493 e. The van der Waals surface area contributed by atoms with E-state index in [4.69, 9.17) is 9.47 Å². The Balaban J connectivity index is 1.82. The number of rotatable bonds is 11. The molecule has 0 spiro atoms. The predicted molar refractivity (Wildman–Crippen MR) is 130 cm³/mol. The van der Waals surface area contributed by atoms with Crippen LogP contribution in [0.2, 0.25) is 0 Å². The van der Waals surface area contributed by atoms with Gasteiger partial charge in [0.2, 0.25) is 10.0 Å². The van der Waals surface area contributed by atoms with E-state index in [0.717, 1.165) is 23.4 Å². The molecule has 0 aliphatic rings. The summed E-state index contributed by atoms with van der Waals surface area (Å²) in [6.45, 7) is 0.149. The van der Waals surface area contributed by atoms with Gasteiger partial charge in [-0.05, 0) is 47.4 Å². The van der Waals surface area contributed by atoms with E-state index in [2.05, 4.69) is 10.0 Å². The Morgan fingerprint density at radius 3 is 2.26 bits per heavy atom. The van der Waals surface area contributed by atoms with Gasteiger partial charge >= 0.3 is 0 Å². The molecular weight excluding hydrogens is 459 g/mol. The Morgan fingerprint density at radius 1 is 0.941 bits per heavy atom. The van der Waals surface area contributed by atoms with Crippen molar-refractivity contribution in [2.45, 2.75) is 18.6 Å². The normalized spacial score (nSPS) is 13.2. The molecule has 0 aliphatic heterocycles. The second-order valence-electron chi connectivity index (χ2n) is 7.89. The van der Waals surface area contributed by atoms with Gasteiger partial charge in [0.25, 0.3) is 0 Å². The third-order valence-corrected chi connectivity index (χ3v) is 5.91. The number of methoxy groups -OCH3 is 2. The van der Waals surface area contributed by atoms with Crippen LogP contribution in [0.15, 0.2) is 66.7 Å². The number of hydrogen-bond donors (Lipinski definition) is 3. The van der Waals surface area contributed by atoms with Crippen LogP contribution in [0.3, 0.4) is 0 Å². The third-order valence-electron chi connectivity index (χ3n) is 5.32. The average molecular weight is 489 g/mol. The van der Waals surface area contributed by atoms with Gasteiger partial charge in [-0.2, -0.15) is 0 Å². The fourth-order valence-corrected chi connectivity index (χ4v) is 4.18. The molecule has 9 heteroatoms. The molecule has 1 unspecified atom stereocenters. The molecule has 0 saturated heterocycles. The summed E-state index contributed by atoms with van der Waals surface area (Å²) in [5, 5.41) is 14.1. The molecule has 0 fully saturated rings. The van der Waals surface area contributed by atoms with Crippen LogP contribution in [0.1, 0.15) is 28.8 Å². The molecule has 0 bridgehead atoms. The van der Waals surface area contributed by atoms with E-state index in [1.807, 2.05) is 48.5 Å². The maximum absolute atomic E-state index is 14.0. The van der Waals surface area contributed by atoms with Gasteiger partial charge in [0.1, 0.15) is 5.82 Å². The molecule has 3 aromatic carbocycles. The van der Waals surface area contributed by atoms with Crippen LogP contribution in [-0.2, 0) is 16.4 Å². The molecule has 182 valence electrons. The van der Waals surface area contributed by atoms with E-state index in [1.165, 1.54) is 12.1 Å². The zero-order valence-corrected chi connectivity index (χ0v) is 20.1. The second kappa shape index (κ2) is 11.3. The Hall–Kier alpha value is -3.14. The molecule has 0 aliphatic carbocycles. The standard InChI is InChI=1S/C25H29FN2O5S/c1-32-24-12-10-18(15-25(24)33-2)21(13-17-7-5-4-6-8-17)27-16-23(29)19-9-11-20(26)22(14-19)28-34(3,30)31/h4-12,14-15,21,23,27-29H,13,16H2,1-3H3/t21-,23?/m1/s1. The molecule has 0 amide bonds. The monoisotopic (exact) mass is 488 g/mol. The minimum absolute atomic E-state index is 0.149. The Bertz CT molecular complexity index is 1210. The number of sulfonamides is 1. The number of nitrogens with one attached hydrogen (secondary N) is 2. The van der Waals surface area contributed by atoms with Crippen LogP contribution >= 0.6 is 0 Å². The molecule has 3 N–H and O–H groups in total. The van der Waals surface area contributed by atoms with E-state index in [9.17, 15) is 17.9 Å². The van der Waals surface area contributed by atoms with Crippen molar-refractivity contribution in [2.75, 3.05) is 31.7 Å². The zero-order chi connectivity index (χ0) is 24.7. The van der Waals surface area contributed by atoms with Gasteiger partial charge in [-0.15, -0.1) is 0 Å². The third kappa shape index (κ3) is 6.93. The van der Waals surface area contributed by atoms with Crippen LogP contribution in [0.5, 0.6) is 11.5 Å². The van der Waals surface area contributed by atoms with Crippen molar-refractivity contribution in [1.29, 1.82) is 0 Å². The van der Waals surface area contributed by atoms with Gasteiger partial charge in [-0.1, -0.05) is 42.5 Å². The quantitative estimate of drug-likeness (QED) is 0.380. The van der Waals surface area contributed by atoms with E-state index in [1.54, 1.807) is 14.2 Å². The average Bonchev–Trinajstić information content (AvgIpc) is 2.82. The fourth-order valence-electron chi connectivity index (χ4n) is 3.63. The van der Waals surface area contributed by atoms with Crippen molar-refractivity contribution in [3.8, 4) is 11.5 Å². The lowest BCUT2D eigenvalue weighted by Crippen LogP contribution is -2.28. The van der Waals surface area contributed by atoms with Crippen molar-refractivity contribution < 1.29 is 27.4 Å². The summed E-state index contributed by atoms with van der Waals surface area (Å²) in [6, 6.07) is 19.2. The molecule has 2 atom stereocenters. The summed E-state index contributed by atoms with van der Waals surface area (Å²) in [7, 11) is -0.517. The van der Waals surface area contributed by atoms with Crippen molar-refractivity contribution in [1.82, 2.24) is 5.32 Å². The van der Waals surface area contributed by atoms with Gasteiger partial charge in [-0.3, -0.25) is 4.72 Å². The lowest BCUT2D eigenvalue weighted by atomic mass is 9.97. The van der Waals surface area contributed by atoms with Gasteiger partial charge in [0.05, 0.1) is 32.3 Å². The highest BCUT2D eigenvalue weighted by Gasteiger charge is 2.18. The molecule has 3 aromatic rings. The smallest absolute Gasteiger partial charge is 0.229 e. The van der Waals surface area contributed by atoms with E-state index in [-0.39, 0.29) is 18.3 Å². The lowest BCUT2D eigenvalue weighted by Gasteiger charge is -2.23. The first-order valence-electron chi connectivity index (χ1n) is 10.6. The number of aliphatic hydroxyl groups is 1. The molecule has 0 saturated carbocycles. The van der Waals surface area contributed by atoms with Crippen LogP contribution in [0, 0.1) is 5.82 Å². The van der Waals surface area contributed by atoms with Crippen LogP contribution in [0.4, 0.5) is 10.1 Å². The number of anilines is 1. The van der Waals surface area contributed by atoms with E-state index >= 15 is 0 Å². The van der Waals surface area contributed by atoms with Crippen molar-refractivity contribution >= 4 is 15.7 Å². The summed E-state index contributed by atoms with van der Waals surface area (Å²) in [5.74, 6) is 0.485. The number of aliphatic hydroxyl groups excluding tert-OH is 1. The highest BCUT2D eigenvalue weighted by Crippen LogP contribution is 2.31. The predicted octanol–water partition coefficient (Wildman–Crippen LogP) is 3.82. The Labute approximate surface area is 199 Å². The summed E-state index contributed by atoms with van der Waals surface area (Å²) in [6.07, 6.45) is 0.584. The number of benzene rings is 3. The first kappa shape index (κ1) is 25.5. The molecule has 0 radical (unpaired) electrons. The van der Waals surface area contributed by atoms with Crippen LogP contribution < -0.4 is 19.5 Å². The molecule has 34 heavy (non-hydrogen) atoms. The first-order chi connectivity index (χ1) is 16.2. The molecule has 3 rings (SSSR count). The minimum atomic E-state index is -3.66. The van der Waals surface area contributed by atoms with Crippen molar-refractivity contribution in [3.05, 3.63) is 89.2 Å². The van der Waals surface area contributed by atoms with E-state index in [0.29, 0.717) is 23.5 Å². The Kier molecular flexibility index (Phi) is 8.49. The van der Waals surface area contributed by atoms with Crippen LogP contribution in [-0.4, -0.2) is 40.5 Å². The highest BCUT2D eigenvalue weighted by atomic mass is 32.2. The maximum Gasteiger partial charge on any atom is 0.229 e. The van der Waals surface area contributed by atoms with Gasteiger partial charge in [0, 0.05) is 12.6 Å². The molecule has 0 aromatic heterocycles. The highest BCUT2D eigenvalue weighted by molar-refractivity contribution is 7.92. The number of hydrogen-bond acceptors (Lipinski definition) is 6. The van der Waals surface area contributed by atoms with Crippen molar-refractivity contribution in [3.63, 3.8) is 0 Å². The largest absolute Gasteiger partial charge is 0.493 e. The fraction of sp³-hybridized carbons (Fsp3) is 0.280. The zero-order valence-electron chi connectivity index (χ0n) is 19.3. The van der Waals surface area contributed by atoms with Gasteiger partial charge in [-0.25, -0.2) is 12.8 Å². The number of halogens is 1. The first-order valence-corrected chi connectivity index (χ1v) is 12.5. The summed E-state index contributed by atoms with van der Waals surface area (Å²) < 4.78 is 49.9. The molecular formula is C25H29FN2O5S.